The monoisotopic (exact) mass is 340 g/mol. The van der Waals surface area contributed by atoms with Crippen LogP contribution in [-0.2, 0) is 0 Å². The van der Waals surface area contributed by atoms with Crippen molar-refractivity contribution in [2.45, 2.75) is 0 Å². The maximum Gasteiger partial charge on any atom is 0.255 e. The molecule has 19 heavy (non-hydrogen) atoms. The van der Waals surface area contributed by atoms with Crippen molar-refractivity contribution < 1.29 is 4.79 Å². The number of carbonyl (C=O) groups excluding carboxylic acids is 1. The number of benzene rings is 1. The third-order valence-corrected chi connectivity index (χ3v) is 3.17. The number of halogens is 2. The molecule has 0 bridgehead atoms. The van der Waals surface area contributed by atoms with Crippen molar-refractivity contribution in [1.82, 2.24) is 4.98 Å². The van der Waals surface area contributed by atoms with Gasteiger partial charge in [-0.05, 0) is 30.3 Å². The van der Waals surface area contributed by atoms with Gasteiger partial charge in [0.2, 0.25) is 0 Å². The first-order chi connectivity index (χ1) is 9.10. The van der Waals surface area contributed by atoms with E-state index in [1.807, 2.05) is 0 Å². The number of hydrogen-bond acceptors (Lipinski definition) is 4. The molecule has 7 heteroatoms. The number of carbonyl (C=O) groups is 1. The van der Waals surface area contributed by atoms with Crippen LogP contribution >= 0.6 is 27.5 Å². The molecule has 1 amide bonds. The lowest BCUT2D eigenvalue weighted by atomic mass is 10.2. The lowest BCUT2D eigenvalue weighted by Crippen LogP contribution is -2.14. The second-order valence-electron chi connectivity index (χ2n) is 3.65. The summed E-state index contributed by atoms with van der Waals surface area (Å²) in [6.45, 7) is 0. The molecule has 0 saturated heterocycles. The van der Waals surface area contributed by atoms with Crippen LogP contribution < -0.4 is 16.6 Å². The first-order valence-corrected chi connectivity index (χ1v) is 6.46. The van der Waals surface area contributed by atoms with Gasteiger partial charge in [-0.3, -0.25) is 4.79 Å². The van der Waals surface area contributed by atoms with Crippen molar-refractivity contribution in [3.63, 3.8) is 0 Å². The molecule has 2 rings (SSSR count). The summed E-state index contributed by atoms with van der Waals surface area (Å²) in [5, 5.41) is 3.18. The third kappa shape index (κ3) is 3.44. The van der Waals surface area contributed by atoms with Crippen LogP contribution in [0.4, 0.5) is 11.5 Å². The van der Waals surface area contributed by atoms with Gasteiger partial charge in [0.25, 0.3) is 5.91 Å². The van der Waals surface area contributed by atoms with E-state index in [4.69, 9.17) is 17.4 Å². The molecule has 2 aromatic rings. The summed E-state index contributed by atoms with van der Waals surface area (Å²) in [5.41, 5.74) is 3.34. The van der Waals surface area contributed by atoms with Crippen molar-refractivity contribution in [3.05, 3.63) is 51.6 Å². The summed E-state index contributed by atoms with van der Waals surface area (Å²) in [7, 11) is 0. The molecule has 0 unspecified atom stereocenters. The van der Waals surface area contributed by atoms with Crippen LogP contribution in [0.1, 0.15) is 10.4 Å². The fourth-order valence-electron chi connectivity index (χ4n) is 1.44. The van der Waals surface area contributed by atoms with E-state index in [2.05, 4.69) is 31.7 Å². The molecule has 98 valence electrons. The number of hydrazine groups is 1. The Bertz CT molecular complexity index is 620. The molecule has 0 atom stereocenters. The number of nitrogens with zero attached hydrogens (tertiary/aromatic N) is 1. The van der Waals surface area contributed by atoms with Gasteiger partial charge in [-0.25, -0.2) is 10.8 Å². The SMILES string of the molecule is NNc1cc(C(=O)Nc2cc(Br)ccc2Cl)ccn1. The van der Waals surface area contributed by atoms with Gasteiger partial charge in [0.05, 0.1) is 10.7 Å². The number of nitrogens with two attached hydrogens (primary N) is 1. The summed E-state index contributed by atoms with van der Waals surface area (Å²) in [4.78, 5) is 16.0. The predicted molar refractivity (Wildman–Crippen MR) is 79.2 cm³/mol. The maximum atomic E-state index is 12.1. The fraction of sp³-hybridized carbons (Fsp3) is 0. The highest BCUT2D eigenvalue weighted by Crippen LogP contribution is 2.26. The molecule has 0 aliphatic heterocycles. The van der Waals surface area contributed by atoms with E-state index in [9.17, 15) is 4.79 Å². The lowest BCUT2D eigenvalue weighted by molar-refractivity contribution is 0.102. The van der Waals surface area contributed by atoms with E-state index in [1.165, 1.54) is 6.20 Å². The van der Waals surface area contributed by atoms with Crippen molar-refractivity contribution in [3.8, 4) is 0 Å². The summed E-state index contributed by atoms with van der Waals surface area (Å²) < 4.78 is 0.825. The summed E-state index contributed by atoms with van der Waals surface area (Å²) in [6, 6.07) is 8.34. The Morgan fingerprint density at radius 3 is 2.84 bits per heavy atom. The van der Waals surface area contributed by atoms with Crippen molar-refractivity contribution in [2.24, 2.45) is 5.84 Å². The number of anilines is 2. The Morgan fingerprint density at radius 2 is 2.11 bits per heavy atom. The quantitative estimate of drug-likeness (QED) is 0.592. The zero-order valence-electron chi connectivity index (χ0n) is 9.65. The van der Waals surface area contributed by atoms with E-state index < -0.39 is 0 Å². The van der Waals surface area contributed by atoms with Crippen LogP contribution in [0.2, 0.25) is 5.02 Å². The number of hydrogen-bond donors (Lipinski definition) is 3. The average molecular weight is 342 g/mol. The minimum absolute atomic E-state index is 0.293. The van der Waals surface area contributed by atoms with Crippen LogP contribution in [0.3, 0.4) is 0 Å². The van der Waals surface area contributed by atoms with Crippen LogP contribution in [-0.4, -0.2) is 10.9 Å². The molecule has 0 aliphatic rings. The highest BCUT2D eigenvalue weighted by Gasteiger charge is 2.09. The molecule has 0 spiro atoms. The van der Waals surface area contributed by atoms with Gasteiger partial charge in [0, 0.05) is 16.2 Å². The Kier molecular flexibility index (Phi) is 4.36. The second-order valence-corrected chi connectivity index (χ2v) is 4.98. The Balaban J connectivity index is 2.22. The number of rotatable bonds is 3. The van der Waals surface area contributed by atoms with Gasteiger partial charge in [-0.15, -0.1) is 0 Å². The van der Waals surface area contributed by atoms with E-state index in [0.29, 0.717) is 22.1 Å². The van der Waals surface area contributed by atoms with Gasteiger partial charge in [-0.2, -0.15) is 0 Å². The summed E-state index contributed by atoms with van der Waals surface area (Å²) in [5.74, 6) is 5.36. The minimum Gasteiger partial charge on any atom is -0.321 e. The fourth-order valence-corrected chi connectivity index (χ4v) is 1.96. The van der Waals surface area contributed by atoms with Crippen LogP contribution in [0.25, 0.3) is 0 Å². The van der Waals surface area contributed by atoms with Crippen molar-refractivity contribution in [2.75, 3.05) is 10.7 Å². The Labute approximate surface area is 123 Å². The number of aromatic nitrogens is 1. The van der Waals surface area contributed by atoms with Gasteiger partial charge in [0.15, 0.2) is 0 Å². The molecular weight excluding hydrogens is 332 g/mol. The normalized spacial score (nSPS) is 10.1. The topological polar surface area (TPSA) is 80.0 Å². The highest BCUT2D eigenvalue weighted by molar-refractivity contribution is 9.10. The second kappa shape index (κ2) is 6.01. The molecule has 0 fully saturated rings. The maximum absolute atomic E-state index is 12.1. The molecular formula is C12H10BrClN4O. The standard InChI is InChI=1S/C12H10BrClN4O/c13-8-1-2-9(14)10(6-8)17-12(19)7-3-4-16-11(5-7)18-15/h1-6H,15H2,(H,16,18)(H,17,19). The van der Waals surface area contributed by atoms with Crippen molar-refractivity contribution >= 4 is 44.9 Å². The van der Waals surface area contributed by atoms with Crippen LogP contribution in [0.15, 0.2) is 41.0 Å². The smallest absolute Gasteiger partial charge is 0.255 e. The van der Waals surface area contributed by atoms with E-state index in [-0.39, 0.29) is 5.91 Å². The van der Waals surface area contributed by atoms with Crippen LogP contribution in [0.5, 0.6) is 0 Å². The molecule has 0 aliphatic carbocycles. The molecule has 1 aromatic heterocycles. The third-order valence-electron chi connectivity index (χ3n) is 2.35. The van der Waals surface area contributed by atoms with E-state index in [0.717, 1.165) is 4.47 Å². The van der Waals surface area contributed by atoms with Gasteiger partial charge >= 0.3 is 0 Å². The number of pyridine rings is 1. The van der Waals surface area contributed by atoms with E-state index >= 15 is 0 Å². The molecule has 5 nitrogen and oxygen atoms in total. The zero-order chi connectivity index (χ0) is 13.8. The van der Waals surface area contributed by atoms with Crippen molar-refractivity contribution in [1.29, 1.82) is 0 Å². The van der Waals surface area contributed by atoms with Gasteiger partial charge in [-0.1, -0.05) is 27.5 Å². The molecule has 0 saturated carbocycles. The minimum atomic E-state index is -0.293. The first kappa shape index (κ1) is 13.8. The Hall–Kier alpha value is -1.63. The molecule has 4 N–H and O–H groups in total. The predicted octanol–water partition coefficient (Wildman–Crippen LogP) is 3.04. The van der Waals surface area contributed by atoms with Crippen LogP contribution in [0, 0.1) is 0 Å². The number of nitrogen functional groups attached to an aromatic ring is 1. The number of amides is 1. The summed E-state index contributed by atoms with van der Waals surface area (Å²) >= 11 is 9.32. The van der Waals surface area contributed by atoms with Gasteiger partial charge < -0.3 is 10.7 Å². The first-order valence-electron chi connectivity index (χ1n) is 5.29. The van der Waals surface area contributed by atoms with E-state index in [1.54, 1.807) is 30.3 Å². The number of nitrogens with one attached hydrogen (secondary N) is 2. The average Bonchev–Trinajstić information content (AvgIpc) is 2.43. The summed E-state index contributed by atoms with van der Waals surface area (Å²) in [6.07, 6.45) is 1.49. The molecule has 1 aromatic carbocycles. The Morgan fingerprint density at radius 1 is 1.32 bits per heavy atom. The molecule has 1 heterocycles. The largest absolute Gasteiger partial charge is 0.321 e. The zero-order valence-corrected chi connectivity index (χ0v) is 12.0. The lowest BCUT2D eigenvalue weighted by Gasteiger charge is -2.08. The molecule has 0 radical (unpaired) electrons. The highest BCUT2D eigenvalue weighted by atomic mass is 79.9. The van der Waals surface area contributed by atoms with Gasteiger partial charge in [0.1, 0.15) is 5.82 Å².